The lowest BCUT2D eigenvalue weighted by Crippen LogP contribution is -2.50. The van der Waals surface area contributed by atoms with Gasteiger partial charge >= 0.3 is 0 Å². The number of rotatable bonds is 5. The highest BCUT2D eigenvalue weighted by atomic mass is 35.5. The minimum absolute atomic E-state index is 0.104. The fourth-order valence-electron chi connectivity index (χ4n) is 4.44. The Balaban J connectivity index is 1.24. The van der Waals surface area contributed by atoms with Gasteiger partial charge in [0.25, 0.3) is 0 Å². The van der Waals surface area contributed by atoms with Crippen LogP contribution in [0.25, 0.3) is 11.3 Å². The lowest BCUT2D eigenvalue weighted by molar-refractivity contribution is 0.151. The van der Waals surface area contributed by atoms with Gasteiger partial charge in [-0.3, -0.25) is 4.90 Å². The van der Waals surface area contributed by atoms with E-state index in [0.29, 0.717) is 10.7 Å². The van der Waals surface area contributed by atoms with Gasteiger partial charge in [-0.2, -0.15) is 5.26 Å². The van der Waals surface area contributed by atoms with E-state index in [1.165, 1.54) is 22.5 Å². The molecule has 0 unspecified atom stereocenters. The van der Waals surface area contributed by atoms with Gasteiger partial charge in [-0.1, -0.05) is 59.6 Å². The fourth-order valence-corrected chi connectivity index (χ4v) is 5.75. The van der Waals surface area contributed by atoms with Crippen molar-refractivity contribution in [1.82, 2.24) is 14.8 Å². The summed E-state index contributed by atoms with van der Waals surface area (Å²) in [6.07, 6.45) is 0. The van der Waals surface area contributed by atoms with Crippen molar-refractivity contribution in [3.05, 3.63) is 105 Å². The topological polar surface area (TPSA) is 55.2 Å². The van der Waals surface area contributed by atoms with Crippen LogP contribution in [0.15, 0.2) is 78.2 Å². The maximum absolute atomic E-state index is 9.00. The molecule has 4 aromatic rings. The van der Waals surface area contributed by atoms with E-state index < -0.39 is 0 Å². The number of nitrogens with zero attached hydrogens (tertiary/aromatic N) is 4. The van der Waals surface area contributed by atoms with E-state index in [9.17, 15) is 0 Å². The van der Waals surface area contributed by atoms with Gasteiger partial charge in [0.1, 0.15) is 0 Å². The first kappa shape index (κ1) is 25.7. The number of benzene rings is 3. The number of hydrogen-bond acceptors (Lipinski definition) is 5. The molecule has 1 aliphatic rings. The third kappa shape index (κ3) is 6.12. The van der Waals surface area contributed by atoms with Crippen molar-refractivity contribution >= 4 is 57.0 Å². The minimum atomic E-state index is 0.104. The summed E-state index contributed by atoms with van der Waals surface area (Å²) in [5.41, 5.74) is 4.85. The van der Waals surface area contributed by atoms with E-state index >= 15 is 0 Å². The molecule has 0 atom stereocenters. The van der Waals surface area contributed by atoms with E-state index in [4.69, 9.17) is 40.7 Å². The van der Waals surface area contributed by atoms with Gasteiger partial charge in [-0.15, -0.1) is 11.3 Å². The molecule has 1 N–H and O–H groups in total. The van der Waals surface area contributed by atoms with Crippen molar-refractivity contribution in [2.75, 3.05) is 31.5 Å². The van der Waals surface area contributed by atoms with Crippen molar-refractivity contribution in [3.63, 3.8) is 0 Å². The first-order chi connectivity index (χ1) is 18.0. The van der Waals surface area contributed by atoms with E-state index in [1.54, 1.807) is 12.1 Å². The number of thiazole rings is 1. The molecule has 1 saturated heterocycles. The Morgan fingerprint density at radius 1 is 0.892 bits per heavy atom. The molecule has 186 valence electrons. The molecule has 2 heterocycles. The molecule has 0 spiro atoms. The van der Waals surface area contributed by atoms with Gasteiger partial charge in [0.15, 0.2) is 10.2 Å². The number of piperazine rings is 1. The van der Waals surface area contributed by atoms with Gasteiger partial charge in [0.2, 0.25) is 0 Å². The maximum Gasteiger partial charge on any atom is 0.189 e. The van der Waals surface area contributed by atoms with Crippen molar-refractivity contribution in [2.45, 2.75) is 6.04 Å². The first-order valence-electron chi connectivity index (χ1n) is 11.8. The quantitative estimate of drug-likeness (QED) is 0.261. The minimum Gasteiger partial charge on any atom is -0.346 e. The molecule has 0 radical (unpaired) electrons. The molecule has 3 aromatic carbocycles. The number of aromatic nitrogens is 1. The van der Waals surface area contributed by atoms with Crippen LogP contribution in [-0.2, 0) is 0 Å². The molecule has 1 fully saturated rings. The van der Waals surface area contributed by atoms with Gasteiger partial charge in [0, 0.05) is 47.2 Å². The van der Waals surface area contributed by atoms with Crippen molar-refractivity contribution in [2.24, 2.45) is 0 Å². The molecule has 0 aliphatic carbocycles. The van der Waals surface area contributed by atoms with Crippen LogP contribution < -0.4 is 5.32 Å². The Morgan fingerprint density at radius 2 is 1.46 bits per heavy atom. The normalized spacial score (nSPS) is 13.9. The Kier molecular flexibility index (Phi) is 8.04. The SMILES string of the molecule is N#Cc1ccc(-c2csc(NC(=S)N3CCN(C(c4ccc(Cl)cc4)c4ccc(Cl)cc4)CC3)n2)cc1. The standard InChI is InChI=1S/C28H23Cl2N5S2/c29-23-9-5-21(6-10-23)26(22-7-11-24(30)12-8-22)34-13-15-35(16-14-34)28(36)33-27-32-25(18-37-27)20-3-1-19(17-31)2-4-20/h1-12,18,26H,13-16H2,(H,32,33,36). The average molecular weight is 565 g/mol. The molecule has 0 bridgehead atoms. The molecule has 5 rings (SSSR count). The second-order valence-electron chi connectivity index (χ2n) is 8.69. The van der Waals surface area contributed by atoms with Crippen LogP contribution in [0.4, 0.5) is 5.13 Å². The predicted molar refractivity (Wildman–Crippen MR) is 156 cm³/mol. The lowest BCUT2D eigenvalue weighted by atomic mass is 9.96. The Morgan fingerprint density at radius 3 is 2.00 bits per heavy atom. The van der Waals surface area contributed by atoms with E-state index in [1.807, 2.05) is 41.8 Å². The molecular formula is C28H23Cl2N5S2. The van der Waals surface area contributed by atoms with Crippen molar-refractivity contribution in [1.29, 1.82) is 5.26 Å². The average Bonchev–Trinajstić information content (AvgIpc) is 3.40. The molecular weight excluding hydrogens is 541 g/mol. The maximum atomic E-state index is 9.00. The Labute approximate surface area is 235 Å². The number of nitriles is 1. The third-order valence-electron chi connectivity index (χ3n) is 6.37. The van der Waals surface area contributed by atoms with Crippen LogP contribution in [0.5, 0.6) is 0 Å². The highest BCUT2D eigenvalue weighted by Gasteiger charge is 2.27. The second kappa shape index (κ2) is 11.6. The predicted octanol–water partition coefficient (Wildman–Crippen LogP) is 7.09. The molecule has 1 aromatic heterocycles. The summed E-state index contributed by atoms with van der Waals surface area (Å²) < 4.78 is 0. The van der Waals surface area contributed by atoms with Crippen LogP contribution in [0.2, 0.25) is 10.0 Å². The Bertz CT molecular complexity index is 1360. The third-order valence-corrected chi connectivity index (χ3v) is 7.99. The van der Waals surface area contributed by atoms with E-state index in [0.717, 1.165) is 52.6 Å². The van der Waals surface area contributed by atoms with Gasteiger partial charge in [-0.25, -0.2) is 4.98 Å². The van der Waals surface area contributed by atoms with Crippen LogP contribution in [0.1, 0.15) is 22.7 Å². The largest absolute Gasteiger partial charge is 0.346 e. The molecule has 37 heavy (non-hydrogen) atoms. The summed E-state index contributed by atoms with van der Waals surface area (Å²) in [4.78, 5) is 9.35. The molecule has 0 saturated carbocycles. The monoisotopic (exact) mass is 563 g/mol. The summed E-state index contributed by atoms with van der Waals surface area (Å²) in [6.45, 7) is 3.31. The number of nitrogens with one attached hydrogen (secondary N) is 1. The zero-order valence-electron chi connectivity index (χ0n) is 19.8. The lowest BCUT2D eigenvalue weighted by Gasteiger charge is -2.40. The number of anilines is 1. The van der Waals surface area contributed by atoms with Crippen molar-refractivity contribution < 1.29 is 0 Å². The second-order valence-corrected chi connectivity index (χ2v) is 10.8. The molecule has 9 heteroatoms. The molecule has 5 nitrogen and oxygen atoms in total. The van der Waals surface area contributed by atoms with Crippen LogP contribution >= 0.6 is 46.8 Å². The van der Waals surface area contributed by atoms with Crippen LogP contribution in [-0.4, -0.2) is 46.1 Å². The first-order valence-corrected chi connectivity index (χ1v) is 13.8. The van der Waals surface area contributed by atoms with Gasteiger partial charge in [0.05, 0.1) is 23.4 Å². The van der Waals surface area contributed by atoms with Gasteiger partial charge in [-0.05, 0) is 59.7 Å². The number of halogens is 2. The zero-order chi connectivity index (χ0) is 25.8. The smallest absolute Gasteiger partial charge is 0.189 e. The van der Waals surface area contributed by atoms with Crippen LogP contribution in [0.3, 0.4) is 0 Å². The zero-order valence-corrected chi connectivity index (χ0v) is 22.9. The molecule has 1 aliphatic heterocycles. The number of thiocarbonyl (C=S) groups is 1. The number of hydrogen-bond donors (Lipinski definition) is 1. The highest BCUT2D eigenvalue weighted by Crippen LogP contribution is 2.32. The fraction of sp³-hybridized carbons (Fsp3) is 0.179. The van der Waals surface area contributed by atoms with Gasteiger partial charge < -0.3 is 10.2 Å². The van der Waals surface area contributed by atoms with E-state index in [-0.39, 0.29) is 6.04 Å². The van der Waals surface area contributed by atoms with Crippen molar-refractivity contribution in [3.8, 4) is 17.3 Å². The van der Waals surface area contributed by atoms with E-state index in [2.05, 4.69) is 50.4 Å². The summed E-state index contributed by atoms with van der Waals surface area (Å²) in [5.74, 6) is 0. The highest BCUT2D eigenvalue weighted by molar-refractivity contribution is 7.80. The molecule has 0 amide bonds. The Hall–Kier alpha value is -2.99. The summed E-state index contributed by atoms with van der Waals surface area (Å²) in [5, 5.41) is 17.2. The summed E-state index contributed by atoms with van der Waals surface area (Å²) in [6, 6.07) is 25.8. The van der Waals surface area contributed by atoms with Crippen LogP contribution in [0, 0.1) is 11.3 Å². The summed E-state index contributed by atoms with van der Waals surface area (Å²) >= 11 is 19.6. The summed E-state index contributed by atoms with van der Waals surface area (Å²) in [7, 11) is 0.